The normalized spacial score (nSPS) is 11.4. The molecule has 2 N–H and O–H groups in total. The highest BCUT2D eigenvalue weighted by Crippen LogP contribution is 2.23. The molecule has 0 aliphatic rings. The van der Waals surface area contributed by atoms with Crippen molar-refractivity contribution >= 4 is 43.3 Å². The number of anilines is 3. The summed E-state index contributed by atoms with van der Waals surface area (Å²) in [6, 6.07) is 23.0. The third kappa shape index (κ3) is 7.77. The number of rotatable bonds is 11. The summed E-state index contributed by atoms with van der Waals surface area (Å²) in [5, 5.41) is 2.59. The van der Waals surface area contributed by atoms with Crippen LogP contribution in [0.5, 0.6) is 5.75 Å². The number of nitrogens with one attached hydrogen (secondary N) is 2. The number of amides is 1. The van der Waals surface area contributed by atoms with E-state index < -0.39 is 32.5 Å². The third-order valence-corrected chi connectivity index (χ3v) is 8.01. The van der Waals surface area contributed by atoms with Crippen LogP contribution in [0.4, 0.5) is 17.3 Å². The molecule has 0 aliphatic carbocycles. The van der Waals surface area contributed by atoms with E-state index in [0.717, 1.165) is 16.1 Å². The lowest BCUT2D eigenvalue weighted by Gasteiger charge is -2.22. The first-order chi connectivity index (χ1) is 19.0. The van der Waals surface area contributed by atoms with Gasteiger partial charge in [-0.1, -0.05) is 30.3 Å². The van der Waals surface area contributed by atoms with Crippen molar-refractivity contribution < 1.29 is 26.4 Å². The Labute approximate surface area is 233 Å². The third-order valence-electron chi connectivity index (χ3n) is 5.53. The number of benzene rings is 3. The van der Waals surface area contributed by atoms with Crippen molar-refractivity contribution in [2.75, 3.05) is 27.1 Å². The summed E-state index contributed by atoms with van der Waals surface area (Å²) in [4.78, 5) is 20.6. The molecule has 0 atom stereocenters. The van der Waals surface area contributed by atoms with Gasteiger partial charge in [0, 0.05) is 17.6 Å². The summed E-state index contributed by atoms with van der Waals surface area (Å²) in [7, 11) is -7.76. The summed E-state index contributed by atoms with van der Waals surface area (Å²) < 4.78 is 59.2. The molecule has 1 aromatic heterocycles. The monoisotopic (exact) mass is 581 g/mol. The maximum absolute atomic E-state index is 12.7. The Hall–Kier alpha value is -4.49. The fraction of sp³-hybridized carbons (Fsp3) is 0.148. The molecule has 40 heavy (non-hydrogen) atoms. The Kier molecular flexibility index (Phi) is 8.65. The van der Waals surface area contributed by atoms with E-state index in [1.165, 1.54) is 30.5 Å². The molecule has 0 unspecified atom stereocenters. The van der Waals surface area contributed by atoms with Crippen molar-refractivity contribution in [3.05, 3.63) is 102 Å². The Balaban J connectivity index is 1.39. The van der Waals surface area contributed by atoms with E-state index in [2.05, 4.69) is 20.0 Å². The number of hydrogen-bond donors (Lipinski definition) is 2. The van der Waals surface area contributed by atoms with Gasteiger partial charge >= 0.3 is 0 Å². The second-order valence-corrected chi connectivity index (χ2v) is 12.3. The summed E-state index contributed by atoms with van der Waals surface area (Å²) in [6.07, 6.45) is 2.44. The maximum atomic E-state index is 12.7. The zero-order valence-electron chi connectivity index (χ0n) is 21.7. The highest BCUT2D eigenvalue weighted by Gasteiger charge is 2.21. The first-order valence-electron chi connectivity index (χ1n) is 12.0. The van der Waals surface area contributed by atoms with E-state index in [9.17, 15) is 21.6 Å². The fourth-order valence-electron chi connectivity index (χ4n) is 3.58. The molecule has 1 amide bonds. The van der Waals surface area contributed by atoms with Gasteiger partial charge in [-0.2, -0.15) is 0 Å². The molecule has 1 heterocycles. The van der Waals surface area contributed by atoms with Gasteiger partial charge in [0.05, 0.1) is 16.8 Å². The minimum absolute atomic E-state index is 0.0611. The van der Waals surface area contributed by atoms with Crippen molar-refractivity contribution in [2.24, 2.45) is 0 Å². The summed E-state index contributed by atoms with van der Waals surface area (Å²) in [5.74, 6) is -0.130. The predicted octanol–water partition coefficient (Wildman–Crippen LogP) is 3.57. The first kappa shape index (κ1) is 28.5. The molecule has 4 rings (SSSR count). The molecule has 0 spiro atoms. The maximum Gasteiger partial charge on any atom is 0.264 e. The number of sulfonamides is 2. The Morgan fingerprint density at radius 1 is 0.900 bits per heavy atom. The van der Waals surface area contributed by atoms with Crippen LogP contribution in [-0.2, 0) is 31.4 Å². The van der Waals surface area contributed by atoms with Crippen LogP contribution in [0.2, 0.25) is 0 Å². The van der Waals surface area contributed by atoms with Crippen molar-refractivity contribution in [2.45, 2.75) is 18.4 Å². The number of carbonyl (C=O) groups is 1. The summed E-state index contributed by atoms with van der Waals surface area (Å²) in [5.41, 5.74) is 2.16. The van der Waals surface area contributed by atoms with Crippen LogP contribution in [0.3, 0.4) is 0 Å². The van der Waals surface area contributed by atoms with Gasteiger partial charge in [-0.3, -0.25) is 9.10 Å². The standard InChI is InChI=1S/C27H27N5O6S2/c1-20-16-17-28-27(29-20)31-40(36,37)25-14-8-22(9-15-25)30-26(33)18-32(39(2,34)35)23-10-12-24(13-11-23)38-19-21-6-4-3-5-7-21/h3-17H,18-19H2,1-2H3,(H,30,33)(H,28,29,31). The van der Waals surface area contributed by atoms with E-state index in [0.29, 0.717) is 18.1 Å². The summed E-state index contributed by atoms with van der Waals surface area (Å²) >= 11 is 0. The van der Waals surface area contributed by atoms with E-state index >= 15 is 0 Å². The van der Waals surface area contributed by atoms with Crippen molar-refractivity contribution in [1.82, 2.24) is 9.97 Å². The Morgan fingerprint density at radius 3 is 2.20 bits per heavy atom. The zero-order chi connectivity index (χ0) is 28.8. The van der Waals surface area contributed by atoms with Gasteiger partial charge in [-0.15, -0.1) is 0 Å². The zero-order valence-corrected chi connectivity index (χ0v) is 23.3. The number of hydrogen-bond acceptors (Lipinski definition) is 8. The van der Waals surface area contributed by atoms with Crippen LogP contribution >= 0.6 is 0 Å². The topological polar surface area (TPSA) is 148 Å². The fourth-order valence-corrected chi connectivity index (χ4v) is 5.38. The Bertz CT molecular complexity index is 1680. The highest BCUT2D eigenvalue weighted by atomic mass is 32.2. The predicted molar refractivity (Wildman–Crippen MR) is 152 cm³/mol. The van der Waals surface area contributed by atoms with Gasteiger partial charge in [-0.05, 0) is 67.1 Å². The second kappa shape index (κ2) is 12.1. The minimum atomic E-state index is -3.96. The largest absolute Gasteiger partial charge is 0.489 e. The van der Waals surface area contributed by atoms with Gasteiger partial charge in [0.2, 0.25) is 21.9 Å². The van der Waals surface area contributed by atoms with Crippen LogP contribution in [-0.4, -0.2) is 45.5 Å². The van der Waals surface area contributed by atoms with E-state index in [-0.39, 0.29) is 22.2 Å². The lowest BCUT2D eigenvalue weighted by Crippen LogP contribution is -2.37. The van der Waals surface area contributed by atoms with Gasteiger partial charge < -0.3 is 10.1 Å². The van der Waals surface area contributed by atoms with Gasteiger partial charge in [0.25, 0.3) is 10.0 Å². The van der Waals surface area contributed by atoms with Gasteiger partial charge in [0.15, 0.2) is 0 Å². The Morgan fingerprint density at radius 2 is 1.57 bits per heavy atom. The molecule has 3 aromatic carbocycles. The quantitative estimate of drug-likeness (QED) is 0.273. The summed E-state index contributed by atoms with van der Waals surface area (Å²) in [6.45, 7) is 1.57. The molecule has 0 bridgehead atoms. The van der Waals surface area contributed by atoms with Gasteiger partial charge in [0.1, 0.15) is 18.9 Å². The molecule has 0 radical (unpaired) electrons. The van der Waals surface area contributed by atoms with Crippen LogP contribution in [0.15, 0.2) is 96.0 Å². The number of ether oxygens (including phenoxy) is 1. The SMILES string of the molecule is Cc1ccnc(NS(=O)(=O)c2ccc(NC(=O)CN(c3ccc(OCc4ccccc4)cc3)S(C)(=O)=O)cc2)n1. The van der Waals surface area contributed by atoms with Crippen molar-refractivity contribution in [3.8, 4) is 5.75 Å². The van der Waals surface area contributed by atoms with E-state index in [1.807, 2.05) is 30.3 Å². The molecule has 208 valence electrons. The first-order valence-corrected chi connectivity index (χ1v) is 15.3. The van der Waals surface area contributed by atoms with E-state index in [4.69, 9.17) is 4.74 Å². The lowest BCUT2D eigenvalue weighted by molar-refractivity contribution is -0.114. The number of nitrogens with zero attached hydrogens (tertiary/aromatic N) is 3. The molecule has 0 aliphatic heterocycles. The van der Waals surface area contributed by atoms with Crippen molar-refractivity contribution in [3.63, 3.8) is 0 Å². The molecular formula is C27H27N5O6S2. The van der Waals surface area contributed by atoms with Crippen molar-refractivity contribution in [1.29, 1.82) is 0 Å². The molecule has 0 saturated heterocycles. The van der Waals surface area contributed by atoms with Gasteiger partial charge in [-0.25, -0.2) is 31.5 Å². The average Bonchev–Trinajstić information content (AvgIpc) is 2.91. The average molecular weight is 582 g/mol. The lowest BCUT2D eigenvalue weighted by atomic mass is 10.2. The molecule has 4 aromatic rings. The number of aromatic nitrogens is 2. The minimum Gasteiger partial charge on any atom is -0.489 e. The number of aryl methyl sites for hydroxylation is 1. The molecular weight excluding hydrogens is 554 g/mol. The highest BCUT2D eigenvalue weighted by molar-refractivity contribution is 7.92. The van der Waals surface area contributed by atoms with Crippen LogP contribution < -0.4 is 19.1 Å². The molecule has 13 heteroatoms. The molecule has 11 nitrogen and oxygen atoms in total. The molecule has 0 saturated carbocycles. The second-order valence-electron chi connectivity index (χ2n) is 8.74. The molecule has 0 fully saturated rings. The van der Waals surface area contributed by atoms with Crippen LogP contribution in [0.25, 0.3) is 0 Å². The van der Waals surface area contributed by atoms with Crippen LogP contribution in [0.1, 0.15) is 11.3 Å². The number of carbonyl (C=O) groups excluding carboxylic acids is 1. The van der Waals surface area contributed by atoms with E-state index in [1.54, 1.807) is 37.3 Å². The smallest absolute Gasteiger partial charge is 0.264 e. The van der Waals surface area contributed by atoms with Crippen LogP contribution in [0, 0.1) is 6.92 Å².